The Kier molecular flexibility index (Phi) is 6.55. The smallest absolute Gasteiger partial charge is 0.314 e. The number of rotatable bonds is 7. The Balaban J connectivity index is 2.15. The standard InChI is InChI=1S/C11H21F3N2O2S/c12-11(13,14)6-3-9-19(17,18)16-8-5-10-4-1-2-7-15-10/h10,15-16H,1-9H2. The predicted octanol–water partition coefficient (Wildman–Crippen LogP) is 1.78. The summed E-state index contributed by atoms with van der Waals surface area (Å²) in [5.74, 6) is -0.468. The lowest BCUT2D eigenvalue weighted by Gasteiger charge is -2.23. The summed E-state index contributed by atoms with van der Waals surface area (Å²) in [7, 11) is -3.58. The quantitative estimate of drug-likeness (QED) is 0.754. The molecule has 1 heterocycles. The Morgan fingerprint density at radius 3 is 2.58 bits per heavy atom. The van der Waals surface area contributed by atoms with Gasteiger partial charge in [0.1, 0.15) is 0 Å². The van der Waals surface area contributed by atoms with E-state index in [1.165, 1.54) is 0 Å². The van der Waals surface area contributed by atoms with Crippen molar-refractivity contribution in [3.8, 4) is 0 Å². The molecule has 1 aliphatic heterocycles. The Morgan fingerprint density at radius 2 is 2.00 bits per heavy atom. The molecule has 0 aliphatic carbocycles. The van der Waals surface area contributed by atoms with Gasteiger partial charge in [-0.3, -0.25) is 0 Å². The van der Waals surface area contributed by atoms with Crippen molar-refractivity contribution in [2.75, 3.05) is 18.8 Å². The molecule has 19 heavy (non-hydrogen) atoms. The average molecular weight is 302 g/mol. The van der Waals surface area contributed by atoms with Crippen molar-refractivity contribution in [1.82, 2.24) is 10.0 Å². The number of sulfonamides is 1. The van der Waals surface area contributed by atoms with Gasteiger partial charge in [0, 0.05) is 19.0 Å². The first-order valence-electron chi connectivity index (χ1n) is 6.56. The molecule has 1 rings (SSSR count). The number of alkyl halides is 3. The van der Waals surface area contributed by atoms with E-state index >= 15 is 0 Å². The van der Waals surface area contributed by atoms with Crippen molar-refractivity contribution in [2.24, 2.45) is 0 Å². The summed E-state index contributed by atoms with van der Waals surface area (Å²) in [4.78, 5) is 0. The summed E-state index contributed by atoms with van der Waals surface area (Å²) in [5, 5.41) is 3.28. The number of halogens is 3. The average Bonchev–Trinajstić information content (AvgIpc) is 2.28. The highest BCUT2D eigenvalue weighted by Gasteiger charge is 2.27. The highest BCUT2D eigenvalue weighted by molar-refractivity contribution is 7.89. The molecule has 0 radical (unpaired) electrons. The highest BCUT2D eigenvalue weighted by Crippen LogP contribution is 2.21. The normalized spacial score (nSPS) is 21.5. The fraction of sp³-hybridized carbons (Fsp3) is 1.00. The van der Waals surface area contributed by atoms with E-state index < -0.39 is 28.4 Å². The summed E-state index contributed by atoms with van der Waals surface area (Å²) in [6, 6.07) is 0.312. The number of piperidine rings is 1. The predicted molar refractivity (Wildman–Crippen MR) is 67.3 cm³/mol. The second kappa shape index (κ2) is 7.44. The molecule has 1 atom stereocenters. The summed E-state index contributed by atoms with van der Waals surface area (Å²) < 4.78 is 61.0. The van der Waals surface area contributed by atoms with Gasteiger partial charge in [0.25, 0.3) is 0 Å². The first kappa shape index (κ1) is 16.7. The minimum atomic E-state index is -4.29. The lowest BCUT2D eigenvalue weighted by Crippen LogP contribution is -2.37. The van der Waals surface area contributed by atoms with Crippen molar-refractivity contribution in [3.05, 3.63) is 0 Å². The molecule has 1 saturated heterocycles. The first-order chi connectivity index (χ1) is 8.79. The number of nitrogens with one attached hydrogen (secondary N) is 2. The van der Waals surface area contributed by atoms with Crippen molar-refractivity contribution in [1.29, 1.82) is 0 Å². The molecule has 1 fully saturated rings. The van der Waals surface area contributed by atoms with Gasteiger partial charge in [-0.2, -0.15) is 13.2 Å². The van der Waals surface area contributed by atoms with E-state index in [0.29, 0.717) is 12.5 Å². The van der Waals surface area contributed by atoms with E-state index in [9.17, 15) is 21.6 Å². The van der Waals surface area contributed by atoms with Crippen LogP contribution in [0.2, 0.25) is 0 Å². The molecular weight excluding hydrogens is 281 g/mol. The molecule has 0 saturated carbocycles. The van der Waals surface area contributed by atoms with E-state index in [2.05, 4.69) is 10.0 Å². The number of hydrogen-bond donors (Lipinski definition) is 2. The van der Waals surface area contributed by atoms with Gasteiger partial charge in [-0.1, -0.05) is 6.42 Å². The van der Waals surface area contributed by atoms with Crippen LogP contribution < -0.4 is 10.0 Å². The summed E-state index contributed by atoms with van der Waals surface area (Å²) in [6.45, 7) is 1.23. The highest BCUT2D eigenvalue weighted by atomic mass is 32.2. The van der Waals surface area contributed by atoms with Crippen LogP contribution in [-0.4, -0.2) is 39.5 Å². The SMILES string of the molecule is O=S(=O)(CCCC(F)(F)F)NCCC1CCCCN1. The zero-order chi connectivity index (χ0) is 14.4. The number of hydrogen-bond acceptors (Lipinski definition) is 3. The largest absolute Gasteiger partial charge is 0.389 e. The molecule has 8 heteroatoms. The zero-order valence-corrected chi connectivity index (χ0v) is 11.6. The topological polar surface area (TPSA) is 58.2 Å². The van der Waals surface area contributed by atoms with Crippen LogP contribution in [0.1, 0.15) is 38.5 Å². The lowest BCUT2D eigenvalue weighted by atomic mass is 10.0. The fourth-order valence-corrected chi connectivity index (χ4v) is 3.19. The summed E-state index contributed by atoms with van der Waals surface area (Å²) >= 11 is 0. The van der Waals surface area contributed by atoms with Gasteiger partial charge in [0.2, 0.25) is 10.0 Å². The second-order valence-electron chi connectivity index (χ2n) is 4.87. The van der Waals surface area contributed by atoms with Crippen LogP contribution in [0.5, 0.6) is 0 Å². The molecule has 2 N–H and O–H groups in total. The van der Waals surface area contributed by atoms with Gasteiger partial charge in [-0.15, -0.1) is 0 Å². The van der Waals surface area contributed by atoms with Crippen LogP contribution in [0.4, 0.5) is 13.2 Å². The zero-order valence-electron chi connectivity index (χ0n) is 10.8. The molecular formula is C11H21F3N2O2S. The molecule has 0 aromatic rings. The van der Waals surface area contributed by atoms with Crippen LogP contribution in [0.15, 0.2) is 0 Å². The third kappa shape index (κ3) is 8.43. The Bertz CT molecular complexity index is 351. The summed E-state index contributed by atoms with van der Waals surface area (Å²) in [6.07, 6.45) is -1.76. The van der Waals surface area contributed by atoms with Gasteiger partial charge in [-0.05, 0) is 32.2 Å². The van der Waals surface area contributed by atoms with Crippen molar-refractivity contribution in [3.63, 3.8) is 0 Å². The Hall–Kier alpha value is -0.340. The van der Waals surface area contributed by atoms with E-state index in [1.54, 1.807) is 0 Å². The monoisotopic (exact) mass is 302 g/mol. The molecule has 0 amide bonds. The van der Waals surface area contributed by atoms with Crippen LogP contribution >= 0.6 is 0 Å². The molecule has 0 bridgehead atoms. The van der Waals surface area contributed by atoms with Gasteiger partial charge < -0.3 is 5.32 Å². The summed E-state index contributed by atoms with van der Waals surface area (Å²) in [5.41, 5.74) is 0. The van der Waals surface area contributed by atoms with E-state index in [-0.39, 0.29) is 13.0 Å². The second-order valence-corrected chi connectivity index (χ2v) is 6.79. The molecule has 4 nitrogen and oxygen atoms in total. The van der Waals surface area contributed by atoms with Crippen molar-refractivity contribution in [2.45, 2.75) is 50.7 Å². The van der Waals surface area contributed by atoms with E-state index in [1.807, 2.05) is 0 Å². The van der Waals surface area contributed by atoms with Crippen LogP contribution in [-0.2, 0) is 10.0 Å². The van der Waals surface area contributed by atoms with Crippen LogP contribution in [0.25, 0.3) is 0 Å². The van der Waals surface area contributed by atoms with Crippen LogP contribution in [0.3, 0.4) is 0 Å². The van der Waals surface area contributed by atoms with Crippen LogP contribution in [0, 0.1) is 0 Å². The minimum absolute atomic E-state index is 0.284. The Labute approximate surface area is 112 Å². The molecule has 0 aromatic heterocycles. The van der Waals surface area contributed by atoms with E-state index in [0.717, 1.165) is 25.8 Å². The van der Waals surface area contributed by atoms with Gasteiger partial charge in [0.05, 0.1) is 5.75 Å². The third-order valence-corrected chi connectivity index (χ3v) is 4.57. The molecule has 0 spiro atoms. The van der Waals surface area contributed by atoms with E-state index in [4.69, 9.17) is 0 Å². The van der Waals surface area contributed by atoms with Gasteiger partial charge >= 0.3 is 6.18 Å². The maximum Gasteiger partial charge on any atom is 0.389 e. The lowest BCUT2D eigenvalue weighted by molar-refractivity contribution is -0.134. The minimum Gasteiger partial charge on any atom is -0.314 e. The molecule has 1 unspecified atom stereocenters. The van der Waals surface area contributed by atoms with Crippen molar-refractivity contribution < 1.29 is 21.6 Å². The molecule has 1 aliphatic rings. The van der Waals surface area contributed by atoms with Gasteiger partial charge in [0.15, 0.2) is 0 Å². The third-order valence-electron chi connectivity index (χ3n) is 3.10. The Morgan fingerprint density at radius 1 is 1.26 bits per heavy atom. The molecule has 0 aromatic carbocycles. The fourth-order valence-electron chi connectivity index (χ4n) is 2.09. The first-order valence-corrected chi connectivity index (χ1v) is 8.21. The maximum atomic E-state index is 11.9. The van der Waals surface area contributed by atoms with Gasteiger partial charge in [-0.25, -0.2) is 13.1 Å². The van der Waals surface area contributed by atoms with Crippen molar-refractivity contribution >= 4 is 10.0 Å². The molecule has 114 valence electrons. The maximum absolute atomic E-state index is 11.9.